The van der Waals surface area contributed by atoms with Crippen molar-refractivity contribution in [2.45, 2.75) is 44.4 Å². The molecule has 0 saturated carbocycles. The zero-order valence-electron chi connectivity index (χ0n) is 14.5. The van der Waals surface area contributed by atoms with Crippen molar-refractivity contribution in [2.75, 3.05) is 13.1 Å². The van der Waals surface area contributed by atoms with Crippen molar-refractivity contribution in [3.8, 4) is 5.75 Å². The van der Waals surface area contributed by atoms with Gasteiger partial charge in [0.15, 0.2) is 0 Å². The standard InChI is InChI=1S/C19H22ClN3O2S/c20-13-1-5-17(6-2-13)25-11-18-22-16(12-26-18)9-19(24)23-8-7-14-3-4-15(10-23)21-14/h1-2,5-6,12,14-15,21H,3-4,7-11H2. The van der Waals surface area contributed by atoms with Gasteiger partial charge >= 0.3 is 0 Å². The predicted molar refractivity (Wildman–Crippen MR) is 103 cm³/mol. The van der Waals surface area contributed by atoms with Crippen LogP contribution < -0.4 is 10.1 Å². The van der Waals surface area contributed by atoms with Gasteiger partial charge in [-0.15, -0.1) is 11.3 Å². The van der Waals surface area contributed by atoms with Crippen LogP contribution in [0.1, 0.15) is 30.0 Å². The number of carbonyl (C=O) groups excluding carboxylic acids is 1. The first-order valence-corrected chi connectivity index (χ1v) is 10.3. The summed E-state index contributed by atoms with van der Waals surface area (Å²) in [6.07, 6.45) is 3.85. The summed E-state index contributed by atoms with van der Waals surface area (Å²) in [5, 5.41) is 7.13. The molecule has 4 rings (SSSR count). The van der Waals surface area contributed by atoms with Crippen LogP contribution in [0.25, 0.3) is 0 Å². The quantitative estimate of drug-likeness (QED) is 0.849. The molecular weight excluding hydrogens is 370 g/mol. The molecule has 2 saturated heterocycles. The Balaban J connectivity index is 1.30. The van der Waals surface area contributed by atoms with Gasteiger partial charge in [-0.25, -0.2) is 4.98 Å². The summed E-state index contributed by atoms with van der Waals surface area (Å²) in [4.78, 5) is 19.2. The molecule has 2 aromatic rings. The Labute approximate surface area is 162 Å². The second-order valence-corrected chi connectivity index (χ2v) is 8.30. The van der Waals surface area contributed by atoms with Crippen molar-refractivity contribution in [1.82, 2.24) is 15.2 Å². The van der Waals surface area contributed by atoms with E-state index in [9.17, 15) is 4.79 Å². The van der Waals surface area contributed by atoms with Crippen LogP contribution in [-0.2, 0) is 17.8 Å². The Morgan fingerprint density at radius 2 is 2.08 bits per heavy atom. The van der Waals surface area contributed by atoms with Crippen molar-refractivity contribution >= 4 is 28.8 Å². The second-order valence-electron chi connectivity index (χ2n) is 6.92. The number of amides is 1. The highest BCUT2D eigenvalue weighted by Crippen LogP contribution is 2.22. The van der Waals surface area contributed by atoms with Gasteiger partial charge in [-0.1, -0.05) is 11.6 Å². The van der Waals surface area contributed by atoms with Crippen molar-refractivity contribution in [2.24, 2.45) is 0 Å². The van der Waals surface area contributed by atoms with E-state index in [0.717, 1.165) is 36.0 Å². The summed E-state index contributed by atoms with van der Waals surface area (Å²) >= 11 is 7.40. The van der Waals surface area contributed by atoms with E-state index in [1.54, 1.807) is 12.1 Å². The number of hydrogen-bond acceptors (Lipinski definition) is 5. The Bertz CT molecular complexity index is 764. The van der Waals surface area contributed by atoms with E-state index in [0.29, 0.717) is 30.1 Å². The molecule has 2 fully saturated rings. The molecule has 0 spiro atoms. The summed E-state index contributed by atoms with van der Waals surface area (Å²) in [6, 6.07) is 8.32. The molecule has 1 aromatic heterocycles. The van der Waals surface area contributed by atoms with Gasteiger partial charge < -0.3 is 15.0 Å². The number of rotatable bonds is 5. The minimum Gasteiger partial charge on any atom is -0.486 e. The zero-order chi connectivity index (χ0) is 17.9. The van der Waals surface area contributed by atoms with Gasteiger partial charge in [0.1, 0.15) is 17.4 Å². The van der Waals surface area contributed by atoms with E-state index >= 15 is 0 Å². The Morgan fingerprint density at radius 3 is 2.92 bits per heavy atom. The SMILES string of the molecule is O=C(Cc1csc(COc2ccc(Cl)cc2)n1)N1CCC2CCC(C1)N2. The van der Waals surface area contributed by atoms with Crippen LogP contribution in [0.15, 0.2) is 29.6 Å². The number of nitrogens with zero attached hydrogens (tertiary/aromatic N) is 2. The third kappa shape index (κ3) is 4.37. The molecule has 5 nitrogen and oxygen atoms in total. The fraction of sp³-hybridized carbons (Fsp3) is 0.474. The van der Waals surface area contributed by atoms with E-state index in [2.05, 4.69) is 10.3 Å². The highest BCUT2D eigenvalue weighted by atomic mass is 35.5. The summed E-state index contributed by atoms with van der Waals surface area (Å²) in [5.41, 5.74) is 0.831. The number of likely N-dealkylation sites (tertiary alicyclic amines) is 1. The smallest absolute Gasteiger partial charge is 0.228 e. The van der Waals surface area contributed by atoms with Gasteiger partial charge in [0, 0.05) is 35.6 Å². The van der Waals surface area contributed by atoms with Crippen molar-refractivity contribution in [3.05, 3.63) is 45.4 Å². The monoisotopic (exact) mass is 391 g/mol. The fourth-order valence-corrected chi connectivity index (χ4v) is 4.44. The number of nitrogens with one attached hydrogen (secondary N) is 1. The Morgan fingerprint density at radius 1 is 1.27 bits per heavy atom. The average molecular weight is 392 g/mol. The van der Waals surface area contributed by atoms with Crippen LogP contribution >= 0.6 is 22.9 Å². The lowest BCUT2D eigenvalue weighted by atomic mass is 10.1. The highest BCUT2D eigenvalue weighted by Gasteiger charge is 2.31. The van der Waals surface area contributed by atoms with Crippen molar-refractivity contribution < 1.29 is 9.53 Å². The van der Waals surface area contributed by atoms with Crippen LogP contribution in [0.2, 0.25) is 5.02 Å². The van der Waals surface area contributed by atoms with Gasteiger partial charge in [-0.05, 0) is 43.5 Å². The number of benzene rings is 1. The third-order valence-electron chi connectivity index (χ3n) is 4.98. The second kappa shape index (κ2) is 7.94. The van der Waals surface area contributed by atoms with Crippen LogP contribution in [0.3, 0.4) is 0 Å². The lowest BCUT2D eigenvalue weighted by molar-refractivity contribution is -0.130. The van der Waals surface area contributed by atoms with Gasteiger partial charge in [-0.2, -0.15) is 0 Å². The molecule has 26 heavy (non-hydrogen) atoms. The minimum atomic E-state index is 0.176. The van der Waals surface area contributed by atoms with Gasteiger partial charge in [-0.3, -0.25) is 4.79 Å². The lowest BCUT2D eigenvalue weighted by Gasteiger charge is -2.24. The molecule has 0 radical (unpaired) electrons. The fourth-order valence-electron chi connectivity index (χ4n) is 3.61. The molecule has 2 aliphatic heterocycles. The van der Waals surface area contributed by atoms with Crippen molar-refractivity contribution in [3.63, 3.8) is 0 Å². The van der Waals surface area contributed by atoms with Crippen LogP contribution in [-0.4, -0.2) is 41.0 Å². The Kier molecular flexibility index (Phi) is 5.43. The maximum absolute atomic E-state index is 12.6. The number of hydrogen-bond donors (Lipinski definition) is 1. The maximum atomic E-state index is 12.6. The number of thiazole rings is 1. The Hall–Kier alpha value is -1.63. The molecule has 3 heterocycles. The first kappa shape index (κ1) is 17.8. The van der Waals surface area contributed by atoms with E-state index in [4.69, 9.17) is 16.3 Å². The summed E-state index contributed by atoms with van der Waals surface area (Å²) < 4.78 is 5.72. The first-order chi connectivity index (χ1) is 12.7. The number of ether oxygens (including phenoxy) is 1. The maximum Gasteiger partial charge on any atom is 0.228 e. The van der Waals surface area contributed by atoms with Crippen LogP contribution in [0.5, 0.6) is 5.75 Å². The molecule has 1 aromatic carbocycles. The predicted octanol–water partition coefficient (Wildman–Crippen LogP) is 3.27. The average Bonchev–Trinajstić information content (AvgIpc) is 3.20. The highest BCUT2D eigenvalue weighted by molar-refractivity contribution is 7.09. The van der Waals surface area contributed by atoms with Gasteiger partial charge in [0.2, 0.25) is 5.91 Å². The summed E-state index contributed by atoms with van der Waals surface area (Å²) in [5.74, 6) is 0.934. The zero-order valence-corrected chi connectivity index (χ0v) is 16.1. The third-order valence-corrected chi connectivity index (χ3v) is 6.11. The summed E-state index contributed by atoms with van der Waals surface area (Å²) in [6.45, 7) is 2.08. The molecule has 1 amide bonds. The summed E-state index contributed by atoms with van der Waals surface area (Å²) in [7, 11) is 0. The number of carbonyl (C=O) groups is 1. The van der Waals surface area contributed by atoms with Gasteiger partial charge in [0.05, 0.1) is 12.1 Å². The molecule has 0 aliphatic carbocycles. The number of halogens is 1. The molecule has 7 heteroatoms. The molecule has 2 aliphatic rings. The minimum absolute atomic E-state index is 0.176. The van der Waals surface area contributed by atoms with E-state index in [1.165, 1.54) is 24.2 Å². The van der Waals surface area contributed by atoms with E-state index in [1.807, 2.05) is 22.4 Å². The first-order valence-electron chi connectivity index (χ1n) is 9.01. The number of aromatic nitrogens is 1. The molecule has 138 valence electrons. The molecular formula is C19H22ClN3O2S. The normalized spacial score (nSPS) is 22.3. The van der Waals surface area contributed by atoms with E-state index < -0.39 is 0 Å². The van der Waals surface area contributed by atoms with E-state index in [-0.39, 0.29) is 5.91 Å². The van der Waals surface area contributed by atoms with Crippen molar-refractivity contribution in [1.29, 1.82) is 0 Å². The number of fused-ring (bicyclic) bond motifs is 2. The van der Waals surface area contributed by atoms with Crippen LogP contribution in [0, 0.1) is 0 Å². The molecule has 2 atom stereocenters. The van der Waals surface area contributed by atoms with Gasteiger partial charge in [0.25, 0.3) is 0 Å². The lowest BCUT2D eigenvalue weighted by Crippen LogP contribution is -2.39. The molecule has 1 N–H and O–H groups in total. The topological polar surface area (TPSA) is 54.5 Å². The molecule has 2 bridgehead atoms. The largest absolute Gasteiger partial charge is 0.486 e. The molecule has 2 unspecified atom stereocenters. The van der Waals surface area contributed by atoms with Crippen LogP contribution in [0.4, 0.5) is 0 Å².